The number of carboxylic acids is 1. The number of imidazole rings is 1. The van der Waals surface area contributed by atoms with E-state index in [1.54, 1.807) is 62.3 Å². The summed E-state index contributed by atoms with van der Waals surface area (Å²) in [5, 5.41) is 12.5. The lowest BCUT2D eigenvalue weighted by Crippen LogP contribution is -2.57. The number of imide groups is 1. The molecule has 0 aliphatic carbocycles. The summed E-state index contributed by atoms with van der Waals surface area (Å²) >= 11 is 0. The number of alkyl carbamates (subject to hydrolysis) is 1. The van der Waals surface area contributed by atoms with Crippen molar-refractivity contribution in [2.75, 3.05) is 22.9 Å². The van der Waals surface area contributed by atoms with E-state index in [-0.39, 0.29) is 29.8 Å². The first-order chi connectivity index (χ1) is 23.7. The Labute approximate surface area is 296 Å². The van der Waals surface area contributed by atoms with Gasteiger partial charge in [-0.2, -0.15) is 18.1 Å². The Hall–Kier alpha value is -5.23. The van der Waals surface area contributed by atoms with Crippen LogP contribution in [-0.4, -0.2) is 84.3 Å². The van der Waals surface area contributed by atoms with Gasteiger partial charge in [0.2, 0.25) is 0 Å². The normalized spacial score (nSPS) is 16.8. The van der Waals surface area contributed by atoms with Crippen molar-refractivity contribution in [2.24, 2.45) is 0 Å². The standard InChI is InChI=1S/C33H41F4N7O8/c1-29(2,3)50-26(47)41-32(25(45)46)12-13-42(15-32)20-11-10-19(34)21(33(35,36)37)18(20)14-43-17-40-22-23(43)38-16-39-24(22)44(27(48)51-30(4,5)6)28(49)52-31(7,8)9/h10-11,16-17H,12-15H2,1-9H3,(H,41,47)(H,45,46). The molecule has 15 nitrogen and oxygen atoms in total. The summed E-state index contributed by atoms with van der Waals surface area (Å²) in [4.78, 5) is 65.8. The second kappa shape index (κ2) is 13.7. The van der Waals surface area contributed by atoms with E-state index in [0.29, 0.717) is 11.0 Å². The van der Waals surface area contributed by atoms with Crippen LogP contribution in [0, 0.1) is 5.82 Å². The summed E-state index contributed by atoms with van der Waals surface area (Å²) in [6.07, 6.45) is -6.84. The number of carbonyl (C=O) groups excluding carboxylic acids is 3. The van der Waals surface area contributed by atoms with Crippen LogP contribution in [0.5, 0.6) is 0 Å². The number of amides is 3. The summed E-state index contributed by atoms with van der Waals surface area (Å²) in [6, 6.07) is 1.70. The molecule has 3 amide bonds. The van der Waals surface area contributed by atoms with Crippen LogP contribution in [0.1, 0.15) is 79.9 Å². The molecule has 19 heteroatoms. The third-order valence-electron chi connectivity index (χ3n) is 7.35. The van der Waals surface area contributed by atoms with Gasteiger partial charge in [0.25, 0.3) is 0 Å². The number of aromatic nitrogens is 4. The SMILES string of the molecule is CC(C)(C)OC(=O)NC1(C(=O)O)CCN(c2ccc(F)c(C(F)(F)F)c2Cn2cnc3c(N(C(=O)OC(C)(C)C)C(=O)OC(C)(C)C)ncnc32)C1. The summed E-state index contributed by atoms with van der Waals surface area (Å²) in [6.45, 7) is 12.7. The maximum atomic E-state index is 15.1. The average Bonchev–Trinajstić information content (AvgIpc) is 3.55. The highest BCUT2D eigenvalue weighted by Crippen LogP contribution is 2.41. The number of carbonyl (C=O) groups is 4. The Morgan fingerprint density at radius 3 is 2.00 bits per heavy atom. The largest absolute Gasteiger partial charge is 0.479 e. The van der Waals surface area contributed by atoms with Gasteiger partial charge in [-0.3, -0.25) is 0 Å². The summed E-state index contributed by atoms with van der Waals surface area (Å²) in [5.74, 6) is -3.45. The van der Waals surface area contributed by atoms with Gasteiger partial charge < -0.3 is 34.1 Å². The van der Waals surface area contributed by atoms with Gasteiger partial charge in [0.1, 0.15) is 28.9 Å². The number of benzene rings is 1. The van der Waals surface area contributed by atoms with Crippen LogP contribution >= 0.6 is 0 Å². The molecular weight excluding hydrogens is 698 g/mol. The number of rotatable bonds is 6. The van der Waals surface area contributed by atoms with Gasteiger partial charge in [-0.1, -0.05) is 0 Å². The quantitative estimate of drug-likeness (QED) is 0.214. The minimum absolute atomic E-state index is 0.143. The molecule has 4 rings (SSSR count). The number of hydrogen-bond donors (Lipinski definition) is 2. The molecule has 1 unspecified atom stereocenters. The number of nitrogens with zero attached hydrogens (tertiary/aromatic N) is 6. The Bertz CT molecular complexity index is 1850. The number of fused-ring (bicyclic) bond motifs is 1. The van der Waals surface area contributed by atoms with E-state index in [0.717, 1.165) is 23.3 Å². The Morgan fingerprint density at radius 1 is 0.904 bits per heavy atom. The van der Waals surface area contributed by atoms with Crippen molar-refractivity contribution in [3.63, 3.8) is 0 Å². The highest BCUT2D eigenvalue weighted by molar-refractivity contribution is 6.12. The Kier molecular flexibility index (Phi) is 10.4. The third-order valence-corrected chi connectivity index (χ3v) is 7.35. The number of anilines is 2. The van der Waals surface area contributed by atoms with Gasteiger partial charge in [-0.05, 0) is 74.4 Å². The van der Waals surface area contributed by atoms with Crippen molar-refractivity contribution in [1.82, 2.24) is 24.8 Å². The van der Waals surface area contributed by atoms with Crippen molar-refractivity contribution in [2.45, 2.75) is 104 Å². The zero-order valence-corrected chi connectivity index (χ0v) is 30.1. The van der Waals surface area contributed by atoms with Crippen molar-refractivity contribution in [3.8, 4) is 0 Å². The van der Waals surface area contributed by atoms with Gasteiger partial charge in [-0.15, -0.1) is 0 Å². The molecule has 1 saturated heterocycles. The highest BCUT2D eigenvalue weighted by atomic mass is 19.4. The minimum Gasteiger partial charge on any atom is -0.479 e. The zero-order valence-electron chi connectivity index (χ0n) is 30.1. The maximum Gasteiger partial charge on any atom is 0.425 e. The van der Waals surface area contributed by atoms with E-state index >= 15 is 4.39 Å². The number of alkyl halides is 3. The minimum atomic E-state index is -5.21. The van der Waals surface area contributed by atoms with E-state index < -0.39 is 88.6 Å². The molecular formula is C33H41F4N7O8. The van der Waals surface area contributed by atoms with Crippen molar-refractivity contribution >= 4 is 46.9 Å². The molecule has 52 heavy (non-hydrogen) atoms. The lowest BCUT2D eigenvalue weighted by molar-refractivity contribution is -0.144. The molecule has 0 spiro atoms. The van der Waals surface area contributed by atoms with Crippen LogP contribution in [0.4, 0.5) is 43.5 Å². The molecule has 2 N–H and O–H groups in total. The topological polar surface area (TPSA) is 178 Å². The molecule has 0 radical (unpaired) electrons. The molecule has 3 aromatic rings. The van der Waals surface area contributed by atoms with E-state index in [1.165, 1.54) is 4.90 Å². The van der Waals surface area contributed by atoms with Crippen molar-refractivity contribution in [3.05, 3.63) is 41.7 Å². The van der Waals surface area contributed by atoms with E-state index in [4.69, 9.17) is 14.2 Å². The molecule has 1 aliphatic heterocycles. The number of nitrogens with one attached hydrogen (secondary N) is 1. The van der Waals surface area contributed by atoms with Crippen LogP contribution in [0.3, 0.4) is 0 Å². The molecule has 1 atom stereocenters. The number of hydrogen-bond acceptors (Lipinski definition) is 11. The molecule has 3 heterocycles. The monoisotopic (exact) mass is 739 g/mol. The van der Waals surface area contributed by atoms with Crippen LogP contribution in [0.25, 0.3) is 11.2 Å². The number of halogens is 4. The van der Waals surface area contributed by atoms with Gasteiger partial charge in [-0.25, -0.2) is 38.5 Å². The fraction of sp³-hybridized carbons (Fsp3) is 0.545. The first kappa shape index (κ1) is 39.6. The molecule has 2 aromatic heterocycles. The predicted octanol–water partition coefficient (Wildman–Crippen LogP) is 6.27. The smallest absolute Gasteiger partial charge is 0.425 e. The van der Waals surface area contributed by atoms with E-state index in [1.807, 2.05) is 0 Å². The fourth-order valence-electron chi connectivity index (χ4n) is 5.40. The average molecular weight is 740 g/mol. The van der Waals surface area contributed by atoms with E-state index in [9.17, 15) is 37.5 Å². The highest BCUT2D eigenvalue weighted by Gasteiger charge is 2.48. The molecule has 1 fully saturated rings. The lowest BCUT2D eigenvalue weighted by atomic mass is 9.99. The van der Waals surface area contributed by atoms with Crippen molar-refractivity contribution < 1.29 is 56.1 Å². The third kappa shape index (κ3) is 8.97. The van der Waals surface area contributed by atoms with Crippen LogP contribution in [0.15, 0.2) is 24.8 Å². The zero-order chi connectivity index (χ0) is 39.2. The number of ether oxygens (including phenoxy) is 3. The lowest BCUT2D eigenvalue weighted by Gasteiger charge is -2.30. The summed E-state index contributed by atoms with van der Waals surface area (Å²) in [7, 11) is 0. The second-order valence-corrected chi connectivity index (χ2v) is 15.1. The molecule has 1 aliphatic rings. The van der Waals surface area contributed by atoms with Crippen LogP contribution < -0.4 is 15.1 Å². The molecule has 284 valence electrons. The number of carboxylic acid groups (broad SMARTS) is 1. The first-order valence-electron chi connectivity index (χ1n) is 16.0. The first-order valence-corrected chi connectivity index (χ1v) is 16.0. The van der Waals surface area contributed by atoms with Crippen molar-refractivity contribution in [1.29, 1.82) is 0 Å². The van der Waals surface area contributed by atoms with Gasteiger partial charge in [0.15, 0.2) is 22.5 Å². The predicted molar refractivity (Wildman–Crippen MR) is 177 cm³/mol. The fourth-order valence-corrected chi connectivity index (χ4v) is 5.40. The molecule has 0 bridgehead atoms. The Balaban J connectivity index is 1.82. The van der Waals surface area contributed by atoms with Crippen LogP contribution in [-0.2, 0) is 31.7 Å². The second-order valence-electron chi connectivity index (χ2n) is 15.1. The van der Waals surface area contributed by atoms with Gasteiger partial charge in [0.05, 0.1) is 25.0 Å². The van der Waals surface area contributed by atoms with Gasteiger partial charge in [0, 0.05) is 24.2 Å². The van der Waals surface area contributed by atoms with Gasteiger partial charge >= 0.3 is 30.4 Å². The maximum absolute atomic E-state index is 15.1. The molecule has 1 aromatic carbocycles. The van der Waals surface area contributed by atoms with E-state index in [2.05, 4.69) is 20.3 Å². The summed E-state index contributed by atoms with van der Waals surface area (Å²) in [5.41, 5.74) is -7.84. The molecule has 0 saturated carbocycles. The van der Waals surface area contributed by atoms with Crippen LogP contribution in [0.2, 0.25) is 0 Å². The summed E-state index contributed by atoms with van der Waals surface area (Å²) < 4.78 is 75.9. The number of aliphatic carboxylic acids is 1. The Morgan fingerprint density at radius 2 is 1.48 bits per heavy atom.